The van der Waals surface area contributed by atoms with Gasteiger partial charge in [-0.1, -0.05) is 20.3 Å². The van der Waals surface area contributed by atoms with Gasteiger partial charge in [0, 0.05) is 6.54 Å². The van der Waals surface area contributed by atoms with Crippen LogP contribution >= 0.6 is 0 Å². The van der Waals surface area contributed by atoms with E-state index >= 15 is 0 Å². The van der Waals surface area contributed by atoms with Gasteiger partial charge >= 0.3 is 0 Å². The zero-order valence-corrected chi connectivity index (χ0v) is 7.43. The average Bonchev–Trinajstić information content (AvgIpc) is 1.98. The van der Waals surface area contributed by atoms with E-state index in [1.54, 1.807) is 0 Å². The first kappa shape index (κ1) is 9.67. The van der Waals surface area contributed by atoms with Crippen LogP contribution in [0.1, 0.15) is 40.0 Å². The lowest BCUT2D eigenvalue weighted by Crippen LogP contribution is -1.93. The minimum absolute atomic E-state index is 0.882. The molecule has 10 heavy (non-hydrogen) atoms. The van der Waals surface area contributed by atoms with Crippen molar-refractivity contribution in [2.24, 2.45) is 10.9 Å². The number of rotatable bonds is 5. The zero-order valence-electron chi connectivity index (χ0n) is 7.43. The lowest BCUT2D eigenvalue weighted by molar-refractivity contribution is 0.500. The summed E-state index contributed by atoms with van der Waals surface area (Å²) < 4.78 is 0. The first-order valence-electron chi connectivity index (χ1n) is 4.25. The Balaban J connectivity index is 3.03. The van der Waals surface area contributed by atoms with E-state index in [0.717, 1.165) is 12.5 Å². The third-order valence-electron chi connectivity index (χ3n) is 1.86. The molecule has 0 aromatic carbocycles. The predicted molar refractivity (Wildman–Crippen MR) is 47.7 cm³/mol. The van der Waals surface area contributed by atoms with Crippen molar-refractivity contribution in [3.63, 3.8) is 0 Å². The van der Waals surface area contributed by atoms with Crippen molar-refractivity contribution in [2.75, 3.05) is 6.54 Å². The Labute approximate surface area is 64.6 Å². The molecule has 0 aliphatic carbocycles. The topological polar surface area (TPSA) is 12.4 Å². The van der Waals surface area contributed by atoms with Gasteiger partial charge in [0.05, 0.1) is 0 Å². The molecule has 0 aromatic heterocycles. The minimum atomic E-state index is 0.882. The van der Waals surface area contributed by atoms with Gasteiger partial charge in [-0.3, -0.25) is 4.99 Å². The van der Waals surface area contributed by atoms with E-state index in [2.05, 4.69) is 18.8 Å². The van der Waals surface area contributed by atoms with E-state index in [1.807, 2.05) is 13.1 Å². The van der Waals surface area contributed by atoms with Crippen LogP contribution in [0.4, 0.5) is 0 Å². The van der Waals surface area contributed by atoms with Crippen LogP contribution in [0.15, 0.2) is 4.99 Å². The molecule has 0 aliphatic heterocycles. The van der Waals surface area contributed by atoms with Crippen LogP contribution in [0.25, 0.3) is 0 Å². The van der Waals surface area contributed by atoms with Crippen LogP contribution in [-0.4, -0.2) is 12.8 Å². The third-order valence-corrected chi connectivity index (χ3v) is 1.86. The van der Waals surface area contributed by atoms with E-state index in [4.69, 9.17) is 0 Å². The maximum Gasteiger partial charge on any atom is 0.0385 e. The van der Waals surface area contributed by atoms with E-state index in [1.165, 1.54) is 19.3 Å². The second kappa shape index (κ2) is 6.79. The predicted octanol–water partition coefficient (Wildman–Crippen LogP) is 2.90. The van der Waals surface area contributed by atoms with E-state index in [0.29, 0.717) is 0 Å². The molecule has 1 atom stereocenters. The quantitative estimate of drug-likeness (QED) is 0.412. The van der Waals surface area contributed by atoms with E-state index in [9.17, 15) is 0 Å². The molecule has 0 saturated heterocycles. The Morgan fingerprint density at radius 1 is 1.50 bits per heavy atom. The fraction of sp³-hybridized carbons (Fsp3) is 0.889. The largest absolute Gasteiger partial charge is 0.298 e. The van der Waals surface area contributed by atoms with Crippen LogP contribution in [0, 0.1) is 5.92 Å². The van der Waals surface area contributed by atoms with Crippen molar-refractivity contribution in [3.05, 3.63) is 0 Å². The van der Waals surface area contributed by atoms with Crippen molar-refractivity contribution >= 4 is 6.21 Å². The van der Waals surface area contributed by atoms with Crippen LogP contribution in [0.5, 0.6) is 0 Å². The van der Waals surface area contributed by atoms with Gasteiger partial charge in [0.2, 0.25) is 0 Å². The molecule has 0 heterocycles. The number of nitrogens with zero attached hydrogens (tertiary/aromatic N) is 1. The SMILES string of the molecule is CC=NCCCC(C)CC. The van der Waals surface area contributed by atoms with Gasteiger partial charge in [0.15, 0.2) is 0 Å². The summed E-state index contributed by atoms with van der Waals surface area (Å²) in [5.74, 6) is 0.882. The monoisotopic (exact) mass is 141 g/mol. The molecule has 0 aliphatic rings. The van der Waals surface area contributed by atoms with Crippen molar-refractivity contribution in [1.29, 1.82) is 0 Å². The highest BCUT2D eigenvalue weighted by atomic mass is 14.7. The zero-order chi connectivity index (χ0) is 7.82. The second-order valence-electron chi connectivity index (χ2n) is 2.82. The molecule has 0 bridgehead atoms. The molecule has 1 nitrogen and oxygen atoms in total. The van der Waals surface area contributed by atoms with Gasteiger partial charge in [0.1, 0.15) is 0 Å². The first-order chi connectivity index (χ1) is 4.81. The summed E-state index contributed by atoms with van der Waals surface area (Å²) >= 11 is 0. The van der Waals surface area contributed by atoms with Crippen LogP contribution in [0.2, 0.25) is 0 Å². The molecule has 0 radical (unpaired) electrons. The van der Waals surface area contributed by atoms with Crippen LogP contribution < -0.4 is 0 Å². The second-order valence-corrected chi connectivity index (χ2v) is 2.82. The Kier molecular flexibility index (Phi) is 6.56. The molecule has 60 valence electrons. The lowest BCUT2D eigenvalue weighted by Gasteiger charge is -2.04. The Morgan fingerprint density at radius 3 is 2.70 bits per heavy atom. The van der Waals surface area contributed by atoms with E-state index < -0.39 is 0 Å². The Morgan fingerprint density at radius 2 is 2.20 bits per heavy atom. The molecule has 0 aromatic rings. The molecule has 0 saturated carbocycles. The van der Waals surface area contributed by atoms with Crippen molar-refractivity contribution < 1.29 is 0 Å². The highest BCUT2D eigenvalue weighted by Gasteiger charge is 1.95. The first-order valence-corrected chi connectivity index (χ1v) is 4.25. The molecule has 1 unspecified atom stereocenters. The van der Waals surface area contributed by atoms with Crippen molar-refractivity contribution in [1.82, 2.24) is 0 Å². The maximum absolute atomic E-state index is 4.15. The number of hydrogen-bond donors (Lipinski definition) is 0. The summed E-state index contributed by atoms with van der Waals surface area (Å²) in [5, 5.41) is 0. The Hall–Kier alpha value is -0.330. The van der Waals surface area contributed by atoms with Crippen LogP contribution in [-0.2, 0) is 0 Å². The summed E-state index contributed by atoms with van der Waals surface area (Å²) in [6.45, 7) is 7.54. The fourth-order valence-electron chi connectivity index (χ4n) is 0.864. The third kappa shape index (κ3) is 5.80. The highest BCUT2D eigenvalue weighted by molar-refractivity contribution is 5.53. The molecular weight excluding hydrogens is 122 g/mol. The minimum Gasteiger partial charge on any atom is -0.298 e. The smallest absolute Gasteiger partial charge is 0.0385 e. The van der Waals surface area contributed by atoms with Gasteiger partial charge < -0.3 is 0 Å². The van der Waals surface area contributed by atoms with Crippen molar-refractivity contribution in [3.8, 4) is 0 Å². The summed E-state index contributed by atoms with van der Waals surface area (Å²) in [6, 6.07) is 0. The van der Waals surface area contributed by atoms with E-state index in [-0.39, 0.29) is 0 Å². The van der Waals surface area contributed by atoms with Gasteiger partial charge in [0.25, 0.3) is 0 Å². The average molecular weight is 141 g/mol. The Bertz CT molecular complexity index is 86.7. The number of hydrogen-bond acceptors (Lipinski definition) is 1. The van der Waals surface area contributed by atoms with Gasteiger partial charge in [-0.25, -0.2) is 0 Å². The lowest BCUT2D eigenvalue weighted by atomic mass is 10.0. The summed E-state index contributed by atoms with van der Waals surface area (Å²) in [7, 11) is 0. The highest BCUT2D eigenvalue weighted by Crippen LogP contribution is 2.08. The molecule has 0 amide bonds. The van der Waals surface area contributed by atoms with Gasteiger partial charge in [-0.15, -0.1) is 0 Å². The van der Waals surface area contributed by atoms with Crippen LogP contribution in [0.3, 0.4) is 0 Å². The maximum atomic E-state index is 4.15. The molecule has 1 heteroatoms. The molecule has 0 spiro atoms. The van der Waals surface area contributed by atoms with Crippen molar-refractivity contribution in [2.45, 2.75) is 40.0 Å². The molecular formula is C9H19N. The normalized spacial score (nSPS) is 14.3. The summed E-state index contributed by atoms with van der Waals surface area (Å²) in [6.07, 6.45) is 5.76. The van der Waals surface area contributed by atoms with Gasteiger partial charge in [-0.05, 0) is 31.9 Å². The number of aliphatic imine (C=N–C) groups is 1. The summed E-state index contributed by atoms with van der Waals surface area (Å²) in [4.78, 5) is 4.15. The van der Waals surface area contributed by atoms with Gasteiger partial charge in [-0.2, -0.15) is 0 Å². The molecule has 0 fully saturated rings. The molecule has 0 rings (SSSR count). The standard InChI is InChI=1S/C9H19N/c1-4-9(3)7-6-8-10-5-2/h5,9H,4,6-8H2,1-3H3. The molecule has 0 N–H and O–H groups in total. The summed E-state index contributed by atoms with van der Waals surface area (Å²) in [5.41, 5.74) is 0. The fourth-order valence-corrected chi connectivity index (χ4v) is 0.864.